The molecule has 5 nitrogen and oxygen atoms in total. The van der Waals surface area contributed by atoms with Gasteiger partial charge in [-0.25, -0.2) is 4.98 Å². The number of aryl methyl sites for hydroxylation is 1. The van der Waals surface area contributed by atoms with Crippen molar-refractivity contribution in [2.24, 2.45) is 18.7 Å². The van der Waals surface area contributed by atoms with Gasteiger partial charge in [0.25, 0.3) is 0 Å². The maximum Gasteiger partial charge on any atom is 0.224 e. The molecule has 0 radical (unpaired) electrons. The first-order chi connectivity index (χ1) is 10.6. The van der Waals surface area contributed by atoms with Crippen molar-refractivity contribution in [2.75, 3.05) is 5.32 Å². The lowest BCUT2D eigenvalue weighted by Crippen LogP contribution is -2.28. The van der Waals surface area contributed by atoms with Gasteiger partial charge in [-0.1, -0.05) is 18.6 Å². The van der Waals surface area contributed by atoms with Gasteiger partial charge in [0, 0.05) is 43.2 Å². The average Bonchev–Trinajstić information content (AvgIpc) is 3.08. The molecular formula is C17H22N4O. The Balaban J connectivity index is 1.68. The summed E-state index contributed by atoms with van der Waals surface area (Å²) in [6.07, 6.45) is 7.40. The van der Waals surface area contributed by atoms with Gasteiger partial charge in [0.2, 0.25) is 5.91 Å². The van der Waals surface area contributed by atoms with Crippen LogP contribution in [-0.4, -0.2) is 21.5 Å². The van der Waals surface area contributed by atoms with E-state index in [-0.39, 0.29) is 11.9 Å². The number of hydrogen-bond donors (Lipinski definition) is 2. The predicted molar refractivity (Wildman–Crippen MR) is 87.2 cm³/mol. The first kappa shape index (κ1) is 14.8. The van der Waals surface area contributed by atoms with Crippen LogP contribution < -0.4 is 11.1 Å². The van der Waals surface area contributed by atoms with Crippen LogP contribution in [0.25, 0.3) is 11.4 Å². The summed E-state index contributed by atoms with van der Waals surface area (Å²) in [5.74, 6) is 1.24. The molecule has 2 atom stereocenters. The lowest BCUT2D eigenvalue weighted by Gasteiger charge is -2.15. The lowest BCUT2D eigenvalue weighted by molar-refractivity contribution is -0.117. The van der Waals surface area contributed by atoms with Gasteiger partial charge in [0.15, 0.2) is 0 Å². The van der Waals surface area contributed by atoms with E-state index in [9.17, 15) is 4.79 Å². The molecule has 1 aliphatic rings. The van der Waals surface area contributed by atoms with Gasteiger partial charge in [0.05, 0.1) is 0 Å². The summed E-state index contributed by atoms with van der Waals surface area (Å²) in [5, 5.41) is 2.98. The molecule has 1 saturated carbocycles. The number of carbonyl (C=O) groups is 1. The minimum atomic E-state index is 0.0411. The molecule has 0 unspecified atom stereocenters. The zero-order chi connectivity index (χ0) is 15.5. The van der Waals surface area contributed by atoms with Crippen LogP contribution in [-0.2, 0) is 11.8 Å². The number of hydrogen-bond acceptors (Lipinski definition) is 3. The van der Waals surface area contributed by atoms with Gasteiger partial charge in [0.1, 0.15) is 5.82 Å². The molecule has 116 valence electrons. The molecule has 1 fully saturated rings. The molecular weight excluding hydrogens is 276 g/mol. The van der Waals surface area contributed by atoms with Crippen LogP contribution in [0.2, 0.25) is 0 Å². The molecule has 5 heteroatoms. The Hall–Kier alpha value is -2.14. The fraction of sp³-hybridized carbons (Fsp3) is 0.412. The number of rotatable bonds is 4. The normalized spacial score (nSPS) is 21.0. The fourth-order valence-electron chi connectivity index (χ4n) is 3.15. The Morgan fingerprint density at radius 1 is 1.45 bits per heavy atom. The molecule has 1 heterocycles. The van der Waals surface area contributed by atoms with Crippen molar-refractivity contribution in [1.82, 2.24) is 9.55 Å². The predicted octanol–water partition coefficient (Wildman–Crippen LogP) is 2.54. The topological polar surface area (TPSA) is 72.9 Å². The van der Waals surface area contributed by atoms with Crippen LogP contribution in [0, 0.1) is 5.92 Å². The number of carbonyl (C=O) groups excluding carboxylic acids is 1. The van der Waals surface area contributed by atoms with Crippen molar-refractivity contribution in [3.05, 3.63) is 36.7 Å². The molecule has 1 amide bonds. The van der Waals surface area contributed by atoms with Gasteiger partial charge >= 0.3 is 0 Å². The molecule has 0 spiro atoms. The smallest absolute Gasteiger partial charge is 0.224 e. The standard InChI is InChI=1S/C17H22N4O/c1-21-9-8-19-17(21)13-5-2-6-14(10-13)20-16(22)11-12-4-3-7-15(12)18/h2,5-6,8-10,12,15H,3-4,7,11,18H2,1H3,(H,20,22)/t12-,15+/m0/s1. The van der Waals surface area contributed by atoms with E-state index >= 15 is 0 Å². The zero-order valence-corrected chi connectivity index (χ0v) is 12.8. The van der Waals surface area contributed by atoms with Gasteiger partial charge in [-0.2, -0.15) is 0 Å². The van der Waals surface area contributed by atoms with Gasteiger partial charge in [-0.05, 0) is 30.9 Å². The largest absolute Gasteiger partial charge is 0.334 e. The maximum absolute atomic E-state index is 12.2. The summed E-state index contributed by atoms with van der Waals surface area (Å²) >= 11 is 0. The number of anilines is 1. The van der Waals surface area contributed by atoms with E-state index in [4.69, 9.17) is 5.73 Å². The van der Waals surface area contributed by atoms with E-state index in [2.05, 4.69) is 10.3 Å². The highest BCUT2D eigenvalue weighted by Gasteiger charge is 2.26. The van der Waals surface area contributed by atoms with Gasteiger partial charge < -0.3 is 15.6 Å². The number of benzene rings is 1. The summed E-state index contributed by atoms with van der Waals surface area (Å²) in [6, 6.07) is 7.95. The Labute approximate surface area is 130 Å². The second-order valence-corrected chi connectivity index (χ2v) is 6.05. The third-order valence-electron chi connectivity index (χ3n) is 4.39. The van der Waals surface area contributed by atoms with E-state index < -0.39 is 0 Å². The Morgan fingerprint density at radius 3 is 3.00 bits per heavy atom. The molecule has 1 aliphatic carbocycles. The van der Waals surface area contributed by atoms with Gasteiger partial charge in [-0.3, -0.25) is 4.79 Å². The lowest BCUT2D eigenvalue weighted by atomic mass is 10.00. The summed E-state index contributed by atoms with van der Waals surface area (Å²) in [7, 11) is 1.95. The van der Waals surface area contributed by atoms with Crippen LogP contribution in [0.4, 0.5) is 5.69 Å². The Morgan fingerprint density at radius 2 is 2.32 bits per heavy atom. The van der Waals surface area contributed by atoms with Crippen molar-refractivity contribution in [3.8, 4) is 11.4 Å². The van der Waals surface area contributed by atoms with Crippen molar-refractivity contribution in [2.45, 2.75) is 31.7 Å². The van der Waals surface area contributed by atoms with Crippen LogP contribution >= 0.6 is 0 Å². The zero-order valence-electron chi connectivity index (χ0n) is 12.8. The van der Waals surface area contributed by atoms with Crippen molar-refractivity contribution >= 4 is 11.6 Å². The van der Waals surface area contributed by atoms with Crippen LogP contribution in [0.1, 0.15) is 25.7 Å². The first-order valence-corrected chi connectivity index (χ1v) is 7.76. The second-order valence-electron chi connectivity index (χ2n) is 6.05. The summed E-state index contributed by atoms with van der Waals surface area (Å²) in [5.41, 5.74) is 7.83. The quantitative estimate of drug-likeness (QED) is 0.911. The second kappa shape index (κ2) is 6.32. The number of nitrogens with zero attached hydrogens (tertiary/aromatic N) is 2. The first-order valence-electron chi connectivity index (χ1n) is 7.76. The average molecular weight is 298 g/mol. The highest BCUT2D eigenvalue weighted by molar-refractivity contribution is 5.91. The van der Waals surface area contributed by atoms with Crippen molar-refractivity contribution in [3.63, 3.8) is 0 Å². The molecule has 1 aromatic heterocycles. The van der Waals surface area contributed by atoms with E-state index in [1.165, 1.54) is 0 Å². The monoisotopic (exact) mass is 298 g/mol. The molecule has 22 heavy (non-hydrogen) atoms. The van der Waals surface area contributed by atoms with Crippen molar-refractivity contribution < 1.29 is 4.79 Å². The molecule has 1 aromatic carbocycles. The highest BCUT2D eigenvalue weighted by Crippen LogP contribution is 2.27. The van der Waals surface area contributed by atoms with E-state index in [1.807, 2.05) is 42.1 Å². The fourth-order valence-corrected chi connectivity index (χ4v) is 3.15. The third-order valence-corrected chi connectivity index (χ3v) is 4.39. The van der Waals surface area contributed by atoms with Crippen LogP contribution in [0.5, 0.6) is 0 Å². The molecule has 3 rings (SSSR count). The molecule has 0 aliphatic heterocycles. The molecule has 3 N–H and O–H groups in total. The Kier molecular flexibility index (Phi) is 4.24. The SMILES string of the molecule is Cn1ccnc1-c1cccc(NC(=O)C[C@@H]2CCC[C@H]2N)c1. The molecule has 0 bridgehead atoms. The van der Waals surface area contributed by atoms with Crippen LogP contribution in [0.3, 0.4) is 0 Å². The minimum absolute atomic E-state index is 0.0411. The number of amides is 1. The number of nitrogens with one attached hydrogen (secondary N) is 1. The summed E-state index contributed by atoms with van der Waals surface area (Å²) in [6.45, 7) is 0. The summed E-state index contributed by atoms with van der Waals surface area (Å²) in [4.78, 5) is 16.5. The number of nitrogens with two attached hydrogens (primary N) is 1. The minimum Gasteiger partial charge on any atom is -0.334 e. The van der Waals surface area contributed by atoms with Crippen LogP contribution in [0.15, 0.2) is 36.7 Å². The highest BCUT2D eigenvalue weighted by atomic mass is 16.1. The molecule has 0 saturated heterocycles. The van der Waals surface area contributed by atoms with E-state index in [0.29, 0.717) is 12.3 Å². The number of aromatic nitrogens is 2. The summed E-state index contributed by atoms with van der Waals surface area (Å²) < 4.78 is 1.96. The van der Waals surface area contributed by atoms with Crippen molar-refractivity contribution in [1.29, 1.82) is 0 Å². The van der Waals surface area contributed by atoms with E-state index in [1.54, 1.807) is 6.20 Å². The maximum atomic E-state index is 12.2. The third kappa shape index (κ3) is 3.20. The Bertz CT molecular complexity index is 664. The number of imidazole rings is 1. The van der Waals surface area contributed by atoms with E-state index in [0.717, 1.165) is 36.3 Å². The van der Waals surface area contributed by atoms with Gasteiger partial charge in [-0.15, -0.1) is 0 Å². The molecule has 2 aromatic rings.